The fraction of sp³-hybridized carbons (Fsp3) is 0.346. The molecule has 1 N–H and O–H groups in total. The lowest BCUT2D eigenvalue weighted by Gasteiger charge is -2.19. The van der Waals surface area contributed by atoms with E-state index in [2.05, 4.69) is 9.97 Å². The number of likely N-dealkylation sites (N-methyl/N-ethyl adjacent to an activating group) is 1. The second kappa shape index (κ2) is 10.1. The van der Waals surface area contributed by atoms with E-state index in [4.69, 9.17) is 18.9 Å². The summed E-state index contributed by atoms with van der Waals surface area (Å²) < 4.78 is 21.9. The van der Waals surface area contributed by atoms with Crippen molar-refractivity contribution in [3.63, 3.8) is 0 Å². The van der Waals surface area contributed by atoms with Crippen LogP contribution in [0.15, 0.2) is 35.1 Å². The highest BCUT2D eigenvalue weighted by Gasteiger charge is 2.21. The lowest BCUT2D eigenvalue weighted by atomic mass is 10.1. The van der Waals surface area contributed by atoms with Gasteiger partial charge >= 0.3 is 0 Å². The fourth-order valence-electron chi connectivity index (χ4n) is 4.14. The van der Waals surface area contributed by atoms with Gasteiger partial charge in [0.1, 0.15) is 23.4 Å². The van der Waals surface area contributed by atoms with Gasteiger partial charge in [0.25, 0.3) is 5.56 Å². The number of ether oxygens (including phenoxy) is 4. The standard InChI is InChI=1S/C26H29N3O6/c1-6-29(14-24-27-19-13-23(34-5)22(33-4)12-18(19)26(31)28-24)25(30)8-7-16-10-21-17(9-15(2)35-21)11-20(16)32-3/h7-8,10-13,15H,6,9,14H2,1-5H3,(H,27,28,31)/b8-7-. The quantitative estimate of drug-likeness (QED) is 0.494. The number of nitrogens with zero attached hydrogens (tertiary/aromatic N) is 2. The second-order valence-electron chi connectivity index (χ2n) is 8.26. The molecule has 184 valence electrons. The lowest BCUT2D eigenvalue weighted by molar-refractivity contribution is -0.126. The van der Waals surface area contributed by atoms with Crippen LogP contribution in [0.1, 0.15) is 30.8 Å². The highest BCUT2D eigenvalue weighted by Crippen LogP contribution is 2.35. The van der Waals surface area contributed by atoms with Crippen LogP contribution < -0.4 is 24.5 Å². The van der Waals surface area contributed by atoms with E-state index in [1.165, 1.54) is 20.3 Å². The van der Waals surface area contributed by atoms with Gasteiger partial charge in [-0.05, 0) is 38.1 Å². The van der Waals surface area contributed by atoms with E-state index in [-0.39, 0.29) is 24.1 Å². The van der Waals surface area contributed by atoms with Gasteiger partial charge in [-0.15, -0.1) is 0 Å². The summed E-state index contributed by atoms with van der Waals surface area (Å²) in [5.74, 6) is 2.55. The third-order valence-electron chi connectivity index (χ3n) is 5.95. The summed E-state index contributed by atoms with van der Waals surface area (Å²) in [5, 5.41) is 0.376. The molecule has 0 saturated heterocycles. The number of fused-ring (bicyclic) bond motifs is 2. The van der Waals surface area contributed by atoms with E-state index < -0.39 is 0 Å². The number of amides is 1. The molecule has 9 heteroatoms. The Hall–Kier alpha value is -4.01. The predicted octanol–water partition coefficient (Wildman–Crippen LogP) is 3.33. The van der Waals surface area contributed by atoms with Crippen LogP contribution in [0.5, 0.6) is 23.0 Å². The zero-order chi connectivity index (χ0) is 25.1. The molecule has 0 spiro atoms. The fourth-order valence-corrected chi connectivity index (χ4v) is 4.14. The molecule has 0 bridgehead atoms. The van der Waals surface area contributed by atoms with E-state index in [1.807, 2.05) is 26.0 Å². The van der Waals surface area contributed by atoms with Gasteiger partial charge in [0.15, 0.2) is 11.5 Å². The SMILES string of the molecule is CCN(Cc1nc2cc(OC)c(OC)cc2c(=O)[nH]1)C(=O)/C=C\c1cc2c(cc1OC)CC(C)O2. The molecule has 35 heavy (non-hydrogen) atoms. The zero-order valence-corrected chi connectivity index (χ0v) is 20.5. The molecule has 9 nitrogen and oxygen atoms in total. The summed E-state index contributed by atoms with van der Waals surface area (Å²) in [6.07, 6.45) is 4.14. The average Bonchev–Trinajstić information content (AvgIpc) is 3.22. The summed E-state index contributed by atoms with van der Waals surface area (Å²) in [5.41, 5.74) is 1.98. The Morgan fingerprint density at radius 2 is 1.86 bits per heavy atom. The normalized spacial score (nSPS) is 14.6. The molecular weight excluding hydrogens is 450 g/mol. The molecule has 4 rings (SSSR count). The summed E-state index contributed by atoms with van der Waals surface area (Å²) in [6, 6.07) is 7.08. The first kappa shape index (κ1) is 24.1. The summed E-state index contributed by atoms with van der Waals surface area (Å²) in [6.45, 7) is 4.45. The highest BCUT2D eigenvalue weighted by molar-refractivity contribution is 5.92. The number of hydrogen-bond donors (Lipinski definition) is 1. The number of nitrogens with one attached hydrogen (secondary N) is 1. The maximum atomic E-state index is 13.0. The number of methoxy groups -OCH3 is 3. The van der Waals surface area contributed by atoms with Crippen LogP contribution in [0.25, 0.3) is 17.0 Å². The Bertz CT molecular complexity index is 1350. The molecule has 1 unspecified atom stereocenters. The first-order chi connectivity index (χ1) is 16.9. The van der Waals surface area contributed by atoms with Crippen molar-refractivity contribution in [3.8, 4) is 23.0 Å². The van der Waals surface area contributed by atoms with E-state index in [0.29, 0.717) is 40.5 Å². The van der Waals surface area contributed by atoms with Gasteiger partial charge in [0.05, 0.1) is 38.8 Å². The van der Waals surface area contributed by atoms with Crippen molar-refractivity contribution >= 4 is 22.9 Å². The Labute approximate surface area is 203 Å². The monoisotopic (exact) mass is 479 g/mol. The van der Waals surface area contributed by atoms with E-state index in [1.54, 1.807) is 30.2 Å². The molecule has 3 aromatic rings. The van der Waals surface area contributed by atoms with Crippen molar-refractivity contribution in [2.24, 2.45) is 0 Å². The van der Waals surface area contributed by atoms with Gasteiger partial charge in [-0.1, -0.05) is 0 Å². The van der Waals surface area contributed by atoms with Gasteiger partial charge in [0, 0.05) is 36.2 Å². The number of rotatable bonds is 8. The number of aromatic amines is 1. The Kier molecular flexibility index (Phi) is 6.95. The van der Waals surface area contributed by atoms with Crippen molar-refractivity contribution in [2.75, 3.05) is 27.9 Å². The molecule has 0 fully saturated rings. The Balaban J connectivity index is 1.57. The average molecular weight is 480 g/mol. The number of carbonyl (C=O) groups excluding carboxylic acids is 1. The van der Waals surface area contributed by atoms with Crippen LogP contribution in [-0.4, -0.2) is 54.8 Å². The van der Waals surface area contributed by atoms with Crippen molar-refractivity contribution < 1.29 is 23.7 Å². The maximum absolute atomic E-state index is 13.0. The van der Waals surface area contributed by atoms with Gasteiger partial charge in [-0.3, -0.25) is 9.59 Å². The Morgan fingerprint density at radius 1 is 1.14 bits per heavy atom. The van der Waals surface area contributed by atoms with Crippen LogP contribution in [0.4, 0.5) is 0 Å². The van der Waals surface area contributed by atoms with Crippen LogP contribution in [0.3, 0.4) is 0 Å². The lowest BCUT2D eigenvalue weighted by Crippen LogP contribution is -2.30. The van der Waals surface area contributed by atoms with E-state index >= 15 is 0 Å². The molecule has 1 amide bonds. The van der Waals surface area contributed by atoms with Crippen LogP contribution in [0, 0.1) is 0 Å². The third-order valence-corrected chi connectivity index (χ3v) is 5.95. The van der Waals surface area contributed by atoms with Gasteiger partial charge in [-0.25, -0.2) is 4.98 Å². The molecule has 1 aliphatic rings. The largest absolute Gasteiger partial charge is 0.496 e. The highest BCUT2D eigenvalue weighted by atomic mass is 16.5. The molecule has 1 atom stereocenters. The van der Waals surface area contributed by atoms with Gasteiger partial charge in [0.2, 0.25) is 5.91 Å². The minimum absolute atomic E-state index is 0.115. The molecule has 0 saturated carbocycles. The predicted molar refractivity (Wildman–Crippen MR) is 132 cm³/mol. The number of benzene rings is 2. The van der Waals surface area contributed by atoms with Crippen molar-refractivity contribution in [3.05, 3.63) is 57.6 Å². The van der Waals surface area contributed by atoms with Crippen molar-refractivity contribution in [1.82, 2.24) is 14.9 Å². The van der Waals surface area contributed by atoms with E-state index in [0.717, 1.165) is 23.3 Å². The van der Waals surface area contributed by atoms with Crippen molar-refractivity contribution in [1.29, 1.82) is 0 Å². The van der Waals surface area contributed by atoms with Crippen LogP contribution in [0.2, 0.25) is 0 Å². The smallest absolute Gasteiger partial charge is 0.258 e. The number of carbonyl (C=O) groups is 1. The number of aromatic nitrogens is 2. The van der Waals surface area contributed by atoms with Crippen LogP contribution >= 0.6 is 0 Å². The van der Waals surface area contributed by atoms with Crippen LogP contribution in [-0.2, 0) is 17.8 Å². The number of hydrogen-bond acceptors (Lipinski definition) is 7. The first-order valence-corrected chi connectivity index (χ1v) is 11.4. The van der Waals surface area contributed by atoms with E-state index in [9.17, 15) is 9.59 Å². The summed E-state index contributed by atoms with van der Waals surface area (Å²) in [4.78, 5) is 34.5. The molecule has 2 aromatic carbocycles. The molecule has 1 aliphatic heterocycles. The van der Waals surface area contributed by atoms with Gasteiger partial charge < -0.3 is 28.8 Å². The molecular formula is C26H29N3O6. The molecule has 0 radical (unpaired) electrons. The summed E-state index contributed by atoms with van der Waals surface area (Å²) in [7, 11) is 4.62. The first-order valence-electron chi connectivity index (χ1n) is 11.4. The third kappa shape index (κ3) is 4.94. The minimum atomic E-state index is -0.317. The number of H-pyrrole nitrogens is 1. The molecule has 2 heterocycles. The maximum Gasteiger partial charge on any atom is 0.258 e. The van der Waals surface area contributed by atoms with Crippen molar-refractivity contribution in [2.45, 2.75) is 32.9 Å². The topological polar surface area (TPSA) is 103 Å². The summed E-state index contributed by atoms with van der Waals surface area (Å²) >= 11 is 0. The Morgan fingerprint density at radius 3 is 2.54 bits per heavy atom. The second-order valence-corrected chi connectivity index (χ2v) is 8.26. The molecule has 1 aromatic heterocycles. The zero-order valence-electron chi connectivity index (χ0n) is 20.5. The van der Waals surface area contributed by atoms with Gasteiger partial charge in [-0.2, -0.15) is 0 Å². The minimum Gasteiger partial charge on any atom is -0.496 e. The molecule has 0 aliphatic carbocycles.